The Morgan fingerprint density at radius 2 is 1.70 bits per heavy atom. The molecule has 2 aromatic rings. The first kappa shape index (κ1) is 16.5. The number of hydrogen-bond acceptors (Lipinski definition) is 1. The molecule has 0 saturated heterocycles. The Balaban J connectivity index is 2.52. The van der Waals surface area contributed by atoms with E-state index in [2.05, 4.69) is 72.2 Å². The minimum Gasteiger partial charge on any atom is -0.309 e. The Hall–Kier alpha value is 0.130. The van der Waals surface area contributed by atoms with Gasteiger partial charge in [-0.15, -0.1) is 0 Å². The van der Waals surface area contributed by atoms with Crippen molar-refractivity contribution in [2.24, 2.45) is 0 Å². The molecule has 5 heteroatoms. The fourth-order valence-corrected chi connectivity index (χ4v) is 3.64. The molecule has 0 aromatic heterocycles. The van der Waals surface area contributed by atoms with Crippen molar-refractivity contribution >= 4 is 59.4 Å². The van der Waals surface area contributed by atoms with E-state index in [0.29, 0.717) is 5.02 Å². The number of aryl methyl sites for hydroxylation is 1. The topological polar surface area (TPSA) is 12.0 Å². The van der Waals surface area contributed by atoms with E-state index in [1.54, 1.807) is 0 Å². The van der Waals surface area contributed by atoms with Gasteiger partial charge in [0.2, 0.25) is 0 Å². The lowest BCUT2D eigenvalue weighted by atomic mass is 9.98. The normalized spacial score (nSPS) is 12.5. The molecule has 106 valence electrons. The van der Waals surface area contributed by atoms with Crippen LogP contribution in [0.2, 0.25) is 5.02 Å². The molecule has 0 heterocycles. The Morgan fingerprint density at radius 1 is 1.00 bits per heavy atom. The van der Waals surface area contributed by atoms with Gasteiger partial charge < -0.3 is 5.32 Å². The summed E-state index contributed by atoms with van der Waals surface area (Å²) < 4.78 is 3.09. The van der Waals surface area contributed by atoms with Crippen molar-refractivity contribution in [2.75, 3.05) is 7.05 Å². The first-order valence-corrected chi connectivity index (χ1v) is 8.77. The molecule has 0 bridgehead atoms. The molecule has 1 atom stereocenters. The molecule has 0 aliphatic rings. The second kappa shape index (κ2) is 6.93. The number of hydrogen-bond donors (Lipinski definition) is 1. The van der Waals surface area contributed by atoms with Crippen molar-refractivity contribution in [3.63, 3.8) is 0 Å². The molecule has 20 heavy (non-hydrogen) atoms. The van der Waals surface area contributed by atoms with Crippen LogP contribution in [0.3, 0.4) is 0 Å². The summed E-state index contributed by atoms with van der Waals surface area (Å²) in [5.74, 6) is 0. The summed E-state index contributed by atoms with van der Waals surface area (Å²) in [6.45, 7) is 2.08. The van der Waals surface area contributed by atoms with E-state index in [1.807, 2.05) is 25.2 Å². The first-order valence-electron chi connectivity index (χ1n) is 6.01. The highest BCUT2D eigenvalue weighted by atomic mass is 79.9. The standard InChI is InChI=1S/C15H13Br3ClN/c1-8-5-12(17)10(7-11(8)16)15(20-2)9-3-4-14(19)13(18)6-9/h3-7,15,20H,1-2H3. The van der Waals surface area contributed by atoms with Crippen LogP contribution in [0.4, 0.5) is 0 Å². The quantitative estimate of drug-likeness (QED) is 0.546. The second-order valence-electron chi connectivity index (χ2n) is 4.52. The summed E-state index contributed by atoms with van der Waals surface area (Å²) in [6, 6.07) is 10.3. The van der Waals surface area contributed by atoms with Gasteiger partial charge in [-0.2, -0.15) is 0 Å². The molecule has 1 nitrogen and oxygen atoms in total. The predicted molar refractivity (Wildman–Crippen MR) is 96.6 cm³/mol. The van der Waals surface area contributed by atoms with Crippen LogP contribution < -0.4 is 5.32 Å². The van der Waals surface area contributed by atoms with E-state index >= 15 is 0 Å². The fraction of sp³-hybridized carbons (Fsp3) is 0.200. The number of benzene rings is 2. The van der Waals surface area contributed by atoms with Crippen LogP contribution in [0.5, 0.6) is 0 Å². The number of nitrogens with one attached hydrogen (secondary N) is 1. The smallest absolute Gasteiger partial charge is 0.0586 e. The lowest BCUT2D eigenvalue weighted by molar-refractivity contribution is 0.688. The van der Waals surface area contributed by atoms with Gasteiger partial charge in [0.25, 0.3) is 0 Å². The Morgan fingerprint density at radius 3 is 2.30 bits per heavy atom. The number of rotatable bonds is 3. The average molecular weight is 482 g/mol. The maximum atomic E-state index is 6.07. The lowest BCUT2D eigenvalue weighted by Gasteiger charge is -2.20. The molecule has 0 aliphatic heterocycles. The van der Waals surface area contributed by atoms with Crippen molar-refractivity contribution in [1.29, 1.82) is 0 Å². The van der Waals surface area contributed by atoms with Gasteiger partial charge in [0.15, 0.2) is 0 Å². The summed E-state index contributed by atoms with van der Waals surface area (Å²) in [7, 11) is 1.95. The summed E-state index contributed by atoms with van der Waals surface area (Å²) in [5.41, 5.74) is 3.53. The molecule has 0 fully saturated rings. The van der Waals surface area contributed by atoms with Crippen molar-refractivity contribution in [2.45, 2.75) is 13.0 Å². The molecule has 0 spiro atoms. The van der Waals surface area contributed by atoms with Crippen molar-refractivity contribution < 1.29 is 0 Å². The van der Waals surface area contributed by atoms with Gasteiger partial charge in [-0.3, -0.25) is 0 Å². The molecule has 2 rings (SSSR count). The summed E-state index contributed by atoms with van der Waals surface area (Å²) in [4.78, 5) is 0. The highest BCUT2D eigenvalue weighted by molar-refractivity contribution is 9.11. The minimum atomic E-state index is 0.0924. The van der Waals surface area contributed by atoms with E-state index in [0.717, 1.165) is 19.0 Å². The molecule has 1 N–H and O–H groups in total. The second-order valence-corrected chi connectivity index (χ2v) is 7.49. The monoisotopic (exact) mass is 479 g/mol. The van der Waals surface area contributed by atoms with E-state index in [1.165, 1.54) is 11.1 Å². The third-order valence-electron chi connectivity index (χ3n) is 3.15. The fourth-order valence-electron chi connectivity index (χ4n) is 2.08. The molecule has 0 radical (unpaired) electrons. The largest absolute Gasteiger partial charge is 0.309 e. The molecule has 0 saturated carbocycles. The van der Waals surface area contributed by atoms with Crippen LogP contribution in [-0.2, 0) is 0 Å². The SMILES string of the molecule is CNC(c1ccc(Cl)c(Br)c1)c1cc(Br)c(C)cc1Br. The maximum absolute atomic E-state index is 6.07. The van der Waals surface area contributed by atoms with E-state index in [-0.39, 0.29) is 6.04 Å². The minimum absolute atomic E-state index is 0.0924. The highest BCUT2D eigenvalue weighted by Gasteiger charge is 2.17. The Bertz CT molecular complexity index is 643. The van der Waals surface area contributed by atoms with Gasteiger partial charge >= 0.3 is 0 Å². The van der Waals surface area contributed by atoms with Crippen LogP contribution in [0.25, 0.3) is 0 Å². The average Bonchev–Trinajstić information content (AvgIpc) is 2.40. The van der Waals surface area contributed by atoms with Crippen LogP contribution in [-0.4, -0.2) is 7.05 Å². The summed E-state index contributed by atoms with van der Waals surface area (Å²) >= 11 is 16.8. The number of halogens is 4. The van der Waals surface area contributed by atoms with E-state index in [9.17, 15) is 0 Å². The van der Waals surface area contributed by atoms with Gasteiger partial charge in [0, 0.05) is 13.4 Å². The van der Waals surface area contributed by atoms with E-state index < -0.39 is 0 Å². The molecular formula is C15H13Br3ClN. The molecule has 0 amide bonds. The third-order valence-corrected chi connectivity index (χ3v) is 5.91. The molecule has 1 unspecified atom stereocenters. The van der Waals surface area contributed by atoms with Crippen LogP contribution in [0.15, 0.2) is 43.7 Å². The van der Waals surface area contributed by atoms with Crippen molar-refractivity contribution in [3.8, 4) is 0 Å². The lowest BCUT2D eigenvalue weighted by Crippen LogP contribution is -2.18. The first-order chi connectivity index (χ1) is 9.43. The Kier molecular flexibility index (Phi) is 5.71. The summed E-state index contributed by atoms with van der Waals surface area (Å²) in [5, 5.41) is 4.07. The van der Waals surface area contributed by atoms with Crippen LogP contribution in [0, 0.1) is 6.92 Å². The van der Waals surface area contributed by atoms with Crippen LogP contribution in [0.1, 0.15) is 22.7 Å². The zero-order chi connectivity index (χ0) is 14.9. The zero-order valence-corrected chi connectivity index (χ0v) is 16.5. The molecule has 2 aromatic carbocycles. The van der Waals surface area contributed by atoms with Crippen molar-refractivity contribution in [3.05, 3.63) is 65.5 Å². The van der Waals surface area contributed by atoms with E-state index in [4.69, 9.17) is 11.6 Å². The van der Waals surface area contributed by atoms with Crippen molar-refractivity contribution in [1.82, 2.24) is 5.32 Å². The van der Waals surface area contributed by atoms with Gasteiger partial charge in [0.05, 0.1) is 11.1 Å². The zero-order valence-electron chi connectivity index (χ0n) is 11.0. The van der Waals surface area contributed by atoms with Crippen LogP contribution >= 0.6 is 59.4 Å². The Labute approximate surface area is 149 Å². The highest BCUT2D eigenvalue weighted by Crippen LogP contribution is 2.34. The molecular weight excluding hydrogens is 469 g/mol. The summed E-state index contributed by atoms with van der Waals surface area (Å²) in [6.07, 6.45) is 0. The third kappa shape index (κ3) is 3.47. The van der Waals surface area contributed by atoms with Gasteiger partial charge in [-0.05, 0) is 70.9 Å². The van der Waals surface area contributed by atoms with Gasteiger partial charge in [-0.1, -0.05) is 49.5 Å². The predicted octanol–water partition coefficient (Wildman–Crippen LogP) is 6.24. The van der Waals surface area contributed by atoms with Gasteiger partial charge in [-0.25, -0.2) is 0 Å². The van der Waals surface area contributed by atoms with Gasteiger partial charge in [0.1, 0.15) is 0 Å². The maximum Gasteiger partial charge on any atom is 0.0586 e. The molecule has 0 aliphatic carbocycles.